The van der Waals surface area contributed by atoms with Crippen LogP contribution in [0.4, 0.5) is 0 Å². The largest absolute Gasteiger partial charge is 0.484 e. The zero-order chi connectivity index (χ0) is 19.1. The molecule has 1 aromatic heterocycles. The third-order valence-corrected chi connectivity index (χ3v) is 4.63. The summed E-state index contributed by atoms with van der Waals surface area (Å²) in [4.78, 5) is 28.3. The van der Waals surface area contributed by atoms with Crippen molar-refractivity contribution in [1.82, 2.24) is 10.3 Å². The highest BCUT2D eigenvalue weighted by Crippen LogP contribution is 2.25. The lowest BCUT2D eigenvalue weighted by Gasteiger charge is -2.18. The molecule has 26 heavy (non-hydrogen) atoms. The fourth-order valence-corrected chi connectivity index (χ4v) is 3.20. The highest BCUT2D eigenvalue weighted by atomic mass is 32.1. The normalized spacial score (nSPS) is 11.9. The molecule has 0 unspecified atom stereocenters. The number of methoxy groups -OCH3 is 1. The summed E-state index contributed by atoms with van der Waals surface area (Å²) in [7, 11) is 1.31. The molecule has 1 amide bonds. The second-order valence-electron chi connectivity index (χ2n) is 6.38. The molecule has 7 heteroatoms. The van der Waals surface area contributed by atoms with Crippen molar-refractivity contribution in [3.63, 3.8) is 0 Å². The first-order chi connectivity index (χ1) is 12.4. The van der Waals surface area contributed by atoms with Gasteiger partial charge in [-0.2, -0.15) is 0 Å². The summed E-state index contributed by atoms with van der Waals surface area (Å²) >= 11 is 1.58. The molecule has 6 nitrogen and oxygen atoms in total. The molecular formula is C19H24N2O4S. The van der Waals surface area contributed by atoms with Crippen molar-refractivity contribution in [1.29, 1.82) is 0 Å². The smallest absolute Gasteiger partial charge is 0.328 e. The highest BCUT2D eigenvalue weighted by Gasteiger charge is 2.22. The molecule has 2 rings (SSSR count). The summed E-state index contributed by atoms with van der Waals surface area (Å²) in [5.74, 6) is 0.0221. The molecule has 2 aromatic rings. The molecule has 0 fully saturated rings. The highest BCUT2D eigenvalue weighted by molar-refractivity contribution is 7.13. The number of nitrogens with one attached hydrogen (secondary N) is 1. The van der Waals surface area contributed by atoms with E-state index in [1.54, 1.807) is 23.5 Å². The van der Waals surface area contributed by atoms with Gasteiger partial charge in [0.1, 0.15) is 16.8 Å². The molecule has 0 aliphatic heterocycles. The Morgan fingerprint density at radius 1 is 1.23 bits per heavy atom. The number of thiazole rings is 1. The fraction of sp³-hybridized carbons (Fsp3) is 0.421. The number of nitrogens with zero attached hydrogens (tertiary/aromatic N) is 1. The van der Waals surface area contributed by atoms with Crippen LogP contribution in [0.5, 0.6) is 5.75 Å². The lowest BCUT2D eigenvalue weighted by molar-refractivity contribution is -0.145. The van der Waals surface area contributed by atoms with Crippen molar-refractivity contribution in [2.75, 3.05) is 13.7 Å². The number of rotatable bonds is 8. The molecular weight excluding hydrogens is 352 g/mol. The van der Waals surface area contributed by atoms with E-state index in [0.717, 1.165) is 16.3 Å². The average molecular weight is 376 g/mol. The summed E-state index contributed by atoms with van der Waals surface area (Å²) in [5, 5.41) is 5.61. The van der Waals surface area contributed by atoms with Crippen LogP contribution in [0.15, 0.2) is 29.6 Å². The quantitative estimate of drug-likeness (QED) is 0.716. The first-order valence-electron chi connectivity index (χ1n) is 8.41. The molecule has 0 saturated carbocycles. The van der Waals surface area contributed by atoms with Crippen molar-refractivity contribution in [3.8, 4) is 16.3 Å². The molecule has 1 N–H and O–H groups in total. The topological polar surface area (TPSA) is 77.5 Å². The molecule has 1 aromatic carbocycles. The van der Waals surface area contributed by atoms with Crippen LogP contribution in [-0.4, -0.2) is 36.6 Å². The molecule has 0 aliphatic rings. The molecule has 0 saturated heterocycles. The van der Waals surface area contributed by atoms with E-state index in [9.17, 15) is 9.59 Å². The van der Waals surface area contributed by atoms with Crippen molar-refractivity contribution < 1.29 is 19.1 Å². The number of esters is 1. The molecule has 1 heterocycles. The standard InChI is InChI=1S/C19H24N2O4S/c1-12(2)9-16(19(23)24-4)21-17(22)10-25-15-7-5-14(6-8-15)18-20-13(3)11-26-18/h5-8,11-12,16H,9-10H2,1-4H3,(H,21,22)/t16-/m1/s1. The number of aryl methyl sites for hydroxylation is 1. The number of aromatic nitrogens is 1. The average Bonchev–Trinajstić information content (AvgIpc) is 3.05. The first kappa shape index (κ1) is 19.9. The van der Waals surface area contributed by atoms with Gasteiger partial charge in [0.15, 0.2) is 6.61 Å². The maximum atomic E-state index is 12.1. The van der Waals surface area contributed by atoms with Gasteiger partial charge in [-0.1, -0.05) is 13.8 Å². The van der Waals surface area contributed by atoms with E-state index >= 15 is 0 Å². The van der Waals surface area contributed by atoms with Crippen LogP contribution in [0.2, 0.25) is 0 Å². The minimum absolute atomic E-state index is 0.165. The summed E-state index contributed by atoms with van der Waals surface area (Å²) < 4.78 is 10.2. The first-order valence-corrected chi connectivity index (χ1v) is 9.29. The van der Waals surface area contributed by atoms with E-state index < -0.39 is 12.0 Å². The number of hydrogen-bond donors (Lipinski definition) is 1. The van der Waals surface area contributed by atoms with Gasteiger partial charge in [0.05, 0.1) is 7.11 Å². The van der Waals surface area contributed by atoms with E-state index in [4.69, 9.17) is 9.47 Å². The molecule has 0 bridgehead atoms. The minimum Gasteiger partial charge on any atom is -0.484 e. The number of amides is 1. The molecule has 0 spiro atoms. The van der Waals surface area contributed by atoms with Gasteiger partial charge in [-0.15, -0.1) is 11.3 Å². The van der Waals surface area contributed by atoms with Crippen LogP contribution in [0.25, 0.3) is 10.6 Å². The van der Waals surface area contributed by atoms with Gasteiger partial charge in [-0.3, -0.25) is 4.79 Å². The van der Waals surface area contributed by atoms with Gasteiger partial charge in [0.25, 0.3) is 5.91 Å². The second kappa shape index (κ2) is 9.33. The minimum atomic E-state index is -0.661. The lowest BCUT2D eigenvalue weighted by Crippen LogP contribution is -2.44. The Bertz CT molecular complexity index is 740. The Hall–Kier alpha value is -2.41. The number of carbonyl (C=O) groups excluding carboxylic acids is 2. The van der Waals surface area contributed by atoms with Crippen LogP contribution in [0.3, 0.4) is 0 Å². The maximum Gasteiger partial charge on any atom is 0.328 e. The van der Waals surface area contributed by atoms with Crippen molar-refractivity contribution in [2.45, 2.75) is 33.2 Å². The van der Waals surface area contributed by atoms with Crippen LogP contribution in [-0.2, 0) is 14.3 Å². The van der Waals surface area contributed by atoms with Crippen molar-refractivity contribution >= 4 is 23.2 Å². The summed E-state index contributed by atoms with van der Waals surface area (Å²) in [5.41, 5.74) is 1.99. The third-order valence-electron chi connectivity index (χ3n) is 3.62. The van der Waals surface area contributed by atoms with E-state index in [-0.39, 0.29) is 18.4 Å². The Labute approximate surface area is 157 Å². The SMILES string of the molecule is COC(=O)[C@@H](CC(C)C)NC(=O)COc1ccc(-c2nc(C)cs2)cc1. The van der Waals surface area contributed by atoms with Crippen LogP contribution in [0.1, 0.15) is 26.0 Å². The Kier molecular flexibility index (Phi) is 7.15. The molecule has 140 valence electrons. The fourth-order valence-electron chi connectivity index (χ4n) is 2.39. The van der Waals surface area contributed by atoms with Crippen LogP contribution < -0.4 is 10.1 Å². The van der Waals surface area contributed by atoms with Gasteiger partial charge >= 0.3 is 5.97 Å². The monoisotopic (exact) mass is 376 g/mol. The van der Waals surface area contributed by atoms with Gasteiger partial charge < -0.3 is 14.8 Å². The number of ether oxygens (including phenoxy) is 2. The molecule has 0 radical (unpaired) electrons. The Morgan fingerprint density at radius 2 is 1.92 bits per heavy atom. The lowest BCUT2D eigenvalue weighted by atomic mass is 10.0. The van der Waals surface area contributed by atoms with Crippen LogP contribution in [0, 0.1) is 12.8 Å². The van der Waals surface area contributed by atoms with Gasteiger partial charge in [0.2, 0.25) is 0 Å². The summed E-state index contributed by atoms with van der Waals surface area (Å²) in [6.45, 7) is 5.74. The molecule has 0 aliphatic carbocycles. The Balaban J connectivity index is 1.89. The van der Waals surface area contributed by atoms with E-state index in [1.807, 2.05) is 38.3 Å². The Morgan fingerprint density at radius 3 is 2.46 bits per heavy atom. The van der Waals surface area contributed by atoms with Gasteiger partial charge in [0, 0.05) is 16.6 Å². The van der Waals surface area contributed by atoms with Crippen molar-refractivity contribution in [2.24, 2.45) is 5.92 Å². The van der Waals surface area contributed by atoms with Gasteiger partial charge in [-0.25, -0.2) is 9.78 Å². The summed E-state index contributed by atoms with van der Waals surface area (Å²) in [6, 6.07) is 6.74. The summed E-state index contributed by atoms with van der Waals surface area (Å²) in [6.07, 6.45) is 0.514. The van der Waals surface area contributed by atoms with E-state index in [0.29, 0.717) is 12.2 Å². The third kappa shape index (κ3) is 5.84. The van der Waals surface area contributed by atoms with E-state index in [2.05, 4.69) is 10.3 Å². The predicted molar refractivity (Wildman–Crippen MR) is 101 cm³/mol. The second-order valence-corrected chi connectivity index (χ2v) is 7.24. The maximum absolute atomic E-state index is 12.1. The number of hydrogen-bond acceptors (Lipinski definition) is 6. The van der Waals surface area contributed by atoms with Crippen LogP contribution >= 0.6 is 11.3 Å². The zero-order valence-corrected chi connectivity index (χ0v) is 16.3. The zero-order valence-electron chi connectivity index (χ0n) is 15.4. The van der Waals surface area contributed by atoms with Gasteiger partial charge in [-0.05, 0) is 43.5 Å². The number of benzene rings is 1. The predicted octanol–water partition coefficient (Wildman–Crippen LogP) is 3.20. The molecule has 1 atom stereocenters. The van der Waals surface area contributed by atoms with E-state index in [1.165, 1.54) is 7.11 Å². The van der Waals surface area contributed by atoms with Crippen molar-refractivity contribution in [3.05, 3.63) is 35.3 Å². The number of carbonyl (C=O) groups is 2.